The van der Waals surface area contributed by atoms with Crippen molar-refractivity contribution in [2.24, 2.45) is 0 Å². The molecular weight excluding hydrogens is 350 g/mol. The van der Waals surface area contributed by atoms with Crippen LogP contribution in [0.4, 0.5) is 0 Å². The number of para-hydroxylation sites is 2. The highest BCUT2D eigenvalue weighted by atomic mass is 35.5. The molecule has 2 heterocycles. The number of hydrogen-bond acceptors (Lipinski definition) is 3. The second kappa shape index (κ2) is 8.08. The van der Waals surface area contributed by atoms with E-state index in [1.165, 1.54) is 4.90 Å². The second-order valence-electron chi connectivity index (χ2n) is 6.51. The summed E-state index contributed by atoms with van der Waals surface area (Å²) >= 11 is 5.93. The molecule has 0 amide bonds. The van der Waals surface area contributed by atoms with Gasteiger partial charge in [0, 0.05) is 5.02 Å². The number of fused-ring (bicyclic) bond motifs is 1. The van der Waals surface area contributed by atoms with Crippen LogP contribution in [-0.2, 0) is 17.8 Å². The summed E-state index contributed by atoms with van der Waals surface area (Å²) < 4.78 is 13.7. The van der Waals surface area contributed by atoms with Crippen LogP contribution >= 0.6 is 11.6 Å². The number of ether oxygens (including phenoxy) is 2. The van der Waals surface area contributed by atoms with E-state index in [2.05, 4.69) is 22.8 Å². The van der Waals surface area contributed by atoms with Crippen molar-refractivity contribution >= 4 is 22.6 Å². The average molecular weight is 373 g/mol. The van der Waals surface area contributed by atoms with Crippen molar-refractivity contribution in [1.29, 1.82) is 0 Å². The number of nitrogens with zero attached hydrogens (tertiary/aromatic N) is 2. The largest absolute Gasteiger partial charge is 0.492 e. The molecule has 136 valence electrons. The van der Waals surface area contributed by atoms with Crippen molar-refractivity contribution in [3.63, 3.8) is 0 Å². The molecule has 1 aliphatic heterocycles. The third-order valence-electron chi connectivity index (χ3n) is 4.74. The monoisotopic (exact) mass is 372 g/mol. The maximum absolute atomic E-state index is 5.93. The van der Waals surface area contributed by atoms with Gasteiger partial charge in [0.15, 0.2) is 5.82 Å². The lowest BCUT2D eigenvalue weighted by molar-refractivity contribution is -0.922. The van der Waals surface area contributed by atoms with Gasteiger partial charge >= 0.3 is 0 Å². The summed E-state index contributed by atoms with van der Waals surface area (Å²) in [5.74, 6) is 1.95. The molecule has 4 rings (SSSR count). The minimum absolute atomic E-state index is 0.591. The molecule has 5 nitrogen and oxygen atoms in total. The molecule has 1 fully saturated rings. The molecule has 0 saturated carbocycles. The van der Waals surface area contributed by atoms with Crippen LogP contribution < -0.4 is 9.64 Å². The first-order valence-electron chi connectivity index (χ1n) is 9.03. The highest BCUT2D eigenvalue weighted by molar-refractivity contribution is 6.30. The number of halogens is 1. The molecular formula is C20H23ClN3O2+. The number of nitrogens with one attached hydrogen (secondary N) is 1. The minimum Gasteiger partial charge on any atom is -0.492 e. The highest BCUT2D eigenvalue weighted by Crippen LogP contribution is 2.18. The van der Waals surface area contributed by atoms with Gasteiger partial charge in [-0.05, 0) is 36.4 Å². The lowest BCUT2D eigenvalue weighted by Gasteiger charge is -2.23. The van der Waals surface area contributed by atoms with E-state index < -0.39 is 0 Å². The van der Waals surface area contributed by atoms with Crippen LogP contribution in [0.1, 0.15) is 5.82 Å². The third-order valence-corrected chi connectivity index (χ3v) is 4.99. The maximum Gasteiger partial charge on any atom is 0.165 e. The second-order valence-corrected chi connectivity index (χ2v) is 6.95. The van der Waals surface area contributed by atoms with Gasteiger partial charge in [0.25, 0.3) is 0 Å². The van der Waals surface area contributed by atoms with E-state index in [1.54, 1.807) is 0 Å². The number of quaternary nitrogens is 1. The van der Waals surface area contributed by atoms with Crippen molar-refractivity contribution in [1.82, 2.24) is 9.55 Å². The molecule has 6 heteroatoms. The maximum atomic E-state index is 5.93. The molecule has 26 heavy (non-hydrogen) atoms. The van der Waals surface area contributed by atoms with Crippen molar-refractivity contribution < 1.29 is 14.4 Å². The van der Waals surface area contributed by atoms with E-state index in [9.17, 15) is 0 Å². The van der Waals surface area contributed by atoms with E-state index in [-0.39, 0.29) is 0 Å². The molecule has 2 aromatic carbocycles. The third kappa shape index (κ3) is 4.01. The fourth-order valence-electron chi connectivity index (χ4n) is 3.36. The zero-order valence-corrected chi connectivity index (χ0v) is 15.4. The van der Waals surface area contributed by atoms with Gasteiger partial charge in [0.1, 0.15) is 32.0 Å². The smallest absolute Gasteiger partial charge is 0.165 e. The zero-order valence-electron chi connectivity index (χ0n) is 14.7. The fraction of sp³-hybridized carbons (Fsp3) is 0.350. The summed E-state index contributed by atoms with van der Waals surface area (Å²) in [5, 5.41) is 0.716. The number of morpholine rings is 1. The van der Waals surface area contributed by atoms with Crippen LogP contribution in [0.5, 0.6) is 5.75 Å². The van der Waals surface area contributed by atoms with Crippen LogP contribution in [0, 0.1) is 0 Å². The molecule has 0 aliphatic carbocycles. The number of rotatable bonds is 6. The molecule has 1 aromatic heterocycles. The Bertz CT molecular complexity index is 857. The van der Waals surface area contributed by atoms with Crippen LogP contribution in [0.25, 0.3) is 11.0 Å². The first-order valence-corrected chi connectivity index (χ1v) is 9.41. The summed E-state index contributed by atoms with van der Waals surface area (Å²) in [7, 11) is 0. The van der Waals surface area contributed by atoms with Gasteiger partial charge in [0.2, 0.25) is 0 Å². The van der Waals surface area contributed by atoms with E-state index in [0.29, 0.717) is 11.6 Å². The van der Waals surface area contributed by atoms with Crippen molar-refractivity contribution in [3.8, 4) is 5.75 Å². The van der Waals surface area contributed by atoms with E-state index in [1.807, 2.05) is 30.3 Å². The first-order chi connectivity index (χ1) is 12.8. The Morgan fingerprint density at radius 3 is 2.65 bits per heavy atom. The Labute approximate surface area is 158 Å². The first kappa shape index (κ1) is 17.3. The van der Waals surface area contributed by atoms with Crippen LogP contribution in [0.15, 0.2) is 48.5 Å². The van der Waals surface area contributed by atoms with Gasteiger partial charge < -0.3 is 18.9 Å². The normalized spacial score (nSPS) is 15.4. The molecule has 0 atom stereocenters. The molecule has 0 unspecified atom stereocenters. The zero-order chi connectivity index (χ0) is 17.8. The van der Waals surface area contributed by atoms with Crippen molar-refractivity contribution in [2.75, 3.05) is 32.9 Å². The number of aromatic nitrogens is 2. The molecule has 3 aromatic rings. The van der Waals surface area contributed by atoms with Gasteiger partial charge in [-0.15, -0.1) is 0 Å². The van der Waals surface area contributed by atoms with Gasteiger partial charge in [-0.25, -0.2) is 4.98 Å². The average Bonchev–Trinajstić information content (AvgIpc) is 3.01. The summed E-state index contributed by atoms with van der Waals surface area (Å²) in [6, 6.07) is 15.8. The van der Waals surface area contributed by atoms with Crippen molar-refractivity contribution in [3.05, 3.63) is 59.4 Å². The number of benzene rings is 2. The van der Waals surface area contributed by atoms with Gasteiger partial charge in [-0.1, -0.05) is 23.7 Å². The van der Waals surface area contributed by atoms with Crippen LogP contribution in [0.3, 0.4) is 0 Å². The Hall–Kier alpha value is -2.08. The lowest BCUT2D eigenvalue weighted by atomic mass is 10.3. The van der Waals surface area contributed by atoms with Gasteiger partial charge in [0.05, 0.1) is 30.8 Å². The Balaban J connectivity index is 1.50. The quantitative estimate of drug-likeness (QED) is 0.721. The van der Waals surface area contributed by atoms with E-state index >= 15 is 0 Å². The Morgan fingerprint density at radius 1 is 1.08 bits per heavy atom. The van der Waals surface area contributed by atoms with Gasteiger partial charge in [-0.3, -0.25) is 0 Å². The van der Waals surface area contributed by atoms with Crippen LogP contribution in [-0.4, -0.2) is 42.5 Å². The minimum atomic E-state index is 0.591. The highest BCUT2D eigenvalue weighted by Gasteiger charge is 2.19. The molecule has 1 saturated heterocycles. The number of hydrogen-bond donors (Lipinski definition) is 1. The standard InChI is InChI=1S/C20H22ClN3O2/c21-16-5-7-17(8-6-16)26-14-11-24-19-4-2-1-3-18(19)22-20(24)15-23-9-12-25-13-10-23/h1-8H,9-15H2/p+1. The summed E-state index contributed by atoms with van der Waals surface area (Å²) in [4.78, 5) is 6.39. The van der Waals surface area contributed by atoms with Crippen LogP contribution in [0.2, 0.25) is 5.02 Å². The van der Waals surface area contributed by atoms with Gasteiger partial charge in [-0.2, -0.15) is 0 Å². The Morgan fingerprint density at radius 2 is 1.85 bits per heavy atom. The molecule has 1 N–H and O–H groups in total. The molecule has 0 spiro atoms. The molecule has 1 aliphatic rings. The fourth-order valence-corrected chi connectivity index (χ4v) is 3.48. The summed E-state index contributed by atoms with van der Waals surface area (Å²) in [6.07, 6.45) is 0. The van der Waals surface area contributed by atoms with E-state index in [4.69, 9.17) is 26.1 Å². The molecule has 0 bridgehead atoms. The molecule has 0 radical (unpaired) electrons. The summed E-state index contributed by atoms with van der Waals surface area (Å²) in [5.41, 5.74) is 2.21. The number of imidazole rings is 1. The van der Waals surface area contributed by atoms with Crippen molar-refractivity contribution in [2.45, 2.75) is 13.1 Å². The summed E-state index contributed by atoms with van der Waals surface area (Å²) in [6.45, 7) is 5.99. The predicted octanol–water partition coefficient (Wildman–Crippen LogP) is 2.18. The van der Waals surface area contributed by atoms with E-state index in [0.717, 1.165) is 62.0 Å². The topological polar surface area (TPSA) is 40.7 Å². The SMILES string of the molecule is Clc1ccc(OCCn2c(C[NH+]3CCOCC3)nc3ccccc32)cc1. The lowest BCUT2D eigenvalue weighted by Crippen LogP contribution is -3.12. The Kier molecular flexibility index (Phi) is 5.39. The predicted molar refractivity (Wildman–Crippen MR) is 102 cm³/mol.